The summed E-state index contributed by atoms with van der Waals surface area (Å²) in [5.41, 5.74) is 2.90. The minimum Gasteiger partial charge on any atom is -0.271 e. The number of hydrogen-bond acceptors (Lipinski definition) is 7. The predicted molar refractivity (Wildman–Crippen MR) is 117 cm³/mol. The Hall–Kier alpha value is -3.17. The zero-order chi connectivity index (χ0) is 20.5. The number of thiophene rings is 2. The van der Waals surface area contributed by atoms with Gasteiger partial charge in [-0.2, -0.15) is 9.90 Å². The number of benzene rings is 1. The first-order chi connectivity index (χ1) is 14.7. The number of aryl methyl sites for hydroxylation is 1. The molecule has 0 saturated heterocycles. The van der Waals surface area contributed by atoms with Gasteiger partial charge in [0.25, 0.3) is 5.91 Å². The number of carbonyl (C=O) groups excluding carboxylic acids is 1. The van der Waals surface area contributed by atoms with Crippen molar-refractivity contribution in [3.8, 4) is 11.4 Å². The molecule has 0 N–H and O–H groups in total. The molecule has 0 radical (unpaired) electrons. The first-order valence-corrected chi connectivity index (χ1v) is 11.3. The van der Waals surface area contributed by atoms with Gasteiger partial charge in [0, 0.05) is 16.9 Å². The summed E-state index contributed by atoms with van der Waals surface area (Å²) in [4.78, 5) is 16.7. The van der Waals surface area contributed by atoms with Crippen molar-refractivity contribution in [1.82, 2.24) is 25.2 Å². The molecule has 1 aliphatic rings. The lowest BCUT2D eigenvalue weighted by Gasteiger charge is -2.20. The van der Waals surface area contributed by atoms with Gasteiger partial charge >= 0.3 is 0 Å². The maximum absolute atomic E-state index is 13.1. The van der Waals surface area contributed by atoms with Crippen molar-refractivity contribution in [2.24, 2.45) is 5.10 Å². The summed E-state index contributed by atoms with van der Waals surface area (Å²) in [7, 11) is 0. The summed E-state index contributed by atoms with van der Waals surface area (Å²) in [6.45, 7) is 1.99. The largest absolute Gasteiger partial charge is 0.271 e. The smallest absolute Gasteiger partial charge is 0.266 e. The van der Waals surface area contributed by atoms with Crippen LogP contribution in [0.4, 0.5) is 0 Å². The van der Waals surface area contributed by atoms with Crippen LogP contribution < -0.4 is 0 Å². The van der Waals surface area contributed by atoms with E-state index in [1.165, 1.54) is 4.80 Å². The number of tetrazole rings is 1. The second-order valence-electron chi connectivity index (χ2n) is 6.96. The van der Waals surface area contributed by atoms with Crippen LogP contribution in [-0.4, -0.2) is 36.8 Å². The van der Waals surface area contributed by atoms with Crippen molar-refractivity contribution in [2.75, 3.05) is 0 Å². The van der Waals surface area contributed by atoms with E-state index >= 15 is 0 Å². The van der Waals surface area contributed by atoms with Crippen LogP contribution in [0.15, 0.2) is 64.4 Å². The molecule has 4 aromatic rings. The van der Waals surface area contributed by atoms with Gasteiger partial charge in [0.2, 0.25) is 5.82 Å². The van der Waals surface area contributed by atoms with Crippen LogP contribution >= 0.6 is 22.7 Å². The Balaban J connectivity index is 1.39. The van der Waals surface area contributed by atoms with Crippen molar-refractivity contribution in [1.29, 1.82) is 0 Å². The zero-order valence-corrected chi connectivity index (χ0v) is 17.8. The van der Waals surface area contributed by atoms with Crippen LogP contribution in [0.3, 0.4) is 0 Å². The summed E-state index contributed by atoms with van der Waals surface area (Å²) in [5.74, 6) is 0.355. The van der Waals surface area contributed by atoms with Gasteiger partial charge in [-0.1, -0.05) is 36.4 Å². The van der Waals surface area contributed by atoms with Gasteiger partial charge in [0.1, 0.15) is 6.54 Å². The topological polar surface area (TPSA) is 76.3 Å². The third kappa shape index (κ3) is 3.57. The van der Waals surface area contributed by atoms with Gasteiger partial charge in [-0.15, -0.1) is 32.9 Å². The van der Waals surface area contributed by atoms with E-state index in [-0.39, 0.29) is 18.5 Å². The summed E-state index contributed by atoms with van der Waals surface area (Å²) >= 11 is 3.27. The molecule has 1 amide bonds. The van der Waals surface area contributed by atoms with E-state index < -0.39 is 0 Å². The molecule has 150 valence electrons. The van der Waals surface area contributed by atoms with Crippen molar-refractivity contribution in [3.05, 3.63) is 74.6 Å². The van der Waals surface area contributed by atoms with Crippen LogP contribution in [0.2, 0.25) is 0 Å². The van der Waals surface area contributed by atoms with Crippen molar-refractivity contribution in [3.63, 3.8) is 0 Å². The Bertz CT molecular complexity index is 1200. The van der Waals surface area contributed by atoms with Crippen LogP contribution in [0.1, 0.15) is 27.8 Å². The fourth-order valence-electron chi connectivity index (χ4n) is 3.47. The van der Waals surface area contributed by atoms with Crippen LogP contribution in [0, 0.1) is 6.92 Å². The number of amides is 1. The minimum atomic E-state index is -0.159. The third-order valence-electron chi connectivity index (χ3n) is 4.96. The molecular weight excluding hydrogens is 416 g/mol. The zero-order valence-electron chi connectivity index (χ0n) is 16.2. The molecule has 1 aliphatic heterocycles. The van der Waals surface area contributed by atoms with Crippen LogP contribution in [0.5, 0.6) is 0 Å². The lowest BCUT2D eigenvalue weighted by atomic mass is 10.1. The second-order valence-corrected chi connectivity index (χ2v) is 8.88. The highest BCUT2D eigenvalue weighted by molar-refractivity contribution is 7.12. The quantitative estimate of drug-likeness (QED) is 0.473. The average Bonchev–Trinajstić information content (AvgIpc) is 3.54. The molecule has 0 bridgehead atoms. The van der Waals surface area contributed by atoms with E-state index in [1.54, 1.807) is 27.7 Å². The van der Waals surface area contributed by atoms with Crippen LogP contribution in [0.25, 0.3) is 11.4 Å². The van der Waals surface area contributed by atoms with E-state index in [2.05, 4.69) is 20.5 Å². The van der Waals surface area contributed by atoms with E-state index in [9.17, 15) is 4.79 Å². The SMILES string of the molecule is Cc1ccccc1-c1nnn(CC(=O)N2N=C(c3cccs3)CC2c2cccs2)n1. The maximum Gasteiger partial charge on any atom is 0.266 e. The van der Waals surface area contributed by atoms with E-state index in [0.29, 0.717) is 12.2 Å². The van der Waals surface area contributed by atoms with E-state index in [1.807, 2.05) is 66.2 Å². The average molecular weight is 435 g/mol. The molecule has 1 aromatic carbocycles. The van der Waals surface area contributed by atoms with Crippen molar-refractivity contribution >= 4 is 34.3 Å². The molecule has 0 aliphatic carbocycles. The monoisotopic (exact) mass is 434 g/mol. The number of rotatable bonds is 5. The number of nitrogens with zero attached hydrogens (tertiary/aromatic N) is 6. The number of carbonyl (C=O) groups is 1. The molecule has 5 rings (SSSR count). The van der Waals surface area contributed by atoms with E-state index in [4.69, 9.17) is 0 Å². The lowest BCUT2D eigenvalue weighted by molar-refractivity contribution is -0.134. The van der Waals surface area contributed by atoms with Crippen LogP contribution in [-0.2, 0) is 11.3 Å². The third-order valence-corrected chi connectivity index (χ3v) is 6.85. The highest BCUT2D eigenvalue weighted by atomic mass is 32.1. The molecule has 1 atom stereocenters. The lowest BCUT2D eigenvalue weighted by Crippen LogP contribution is -2.30. The number of hydrogen-bond donors (Lipinski definition) is 0. The highest BCUT2D eigenvalue weighted by Gasteiger charge is 2.34. The Morgan fingerprint density at radius 1 is 1.10 bits per heavy atom. The number of hydrazone groups is 1. The van der Waals surface area contributed by atoms with Crippen molar-refractivity contribution in [2.45, 2.75) is 25.9 Å². The van der Waals surface area contributed by atoms with Gasteiger partial charge < -0.3 is 0 Å². The minimum absolute atomic E-state index is 0.0119. The molecule has 4 heterocycles. The summed E-state index contributed by atoms with van der Waals surface area (Å²) in [6, 6.07) is 15.8. The Morgan fingerprint density at radius 3 is 2.70 bits per heavy atom. The highest BCUT2D eigenvalue weighted by Crippen LogP contribution is 2.36. The molecule has 0 spiro atoms. The van der Waals surface area contributed by atoms with Gasteiger partial charge in [-0.3, -0.25) is 4.79 Å². The molecule has 9 heteroatoms. The summed E-state index contributed by atoms with van der Waals surface area (Å²) < 4.78 is 0. The fraction of sp³-hybridized carbons (Fsp3) is 0.190. The fourth-order valence-corrected chi connectivity index (χ4v) is 5.00. The molecule has 7 nitrogen and oxygen atoms in total. The molecular formula is C21H18N6OS2. The standard InChI is InChI=1S/C21H18N6OS2/c1-14-6-2-3-7-15(14)21-22-25-26(24-21)13-20(28)27-17(19-9-5-11-30-19)12-16(23-27)18-8-4-10-29-18/h2-11,17H,12-13H2,1H3. The van der Waals surface area contributed by atoms with Crippen molar-refractivity contribution < 1.29 is 4.79 Å². The summed E-state index contributed by atoms with van der Waals surface area (Å²) in [5, 5.41) is 22.9. The number of aromatic nitrogens is 4. The first-order valence-electron chi connectivity index (χ1n) is 9.49. The molecule has 3 aromatic heterocycles. The Kier molecular flexibility index (Phi) is 4.97. The Morgan fingerprint density at radius 2 is 1.93 bits per heavy atom. The van der Waals surface area contributed by atoms with E-state index in [0.717, 1.165) is 26.6 Å². The predicted octanol–water partition coefficient (Wildman–Crippen LogP) is 4.15. The Labute approximate surface area is 181 Å². The molecule has 0 saturated carbocycles. The first kappa shape index (κ1) is 18.8. The van der Waals surface area contributed by atoms with Gasteiger partial charge in [0.15, 0.2) is 0 Å². The van der Waals surface area contributed by atoms with Gasteiger partial charge in [-0.05, 0) is 40.6 Å². The molecule has 0 fully saturated rings. The second kappa shape index (κ2) is 7.92. The molecule has 30 heavy (non-hydrogen) atoms. The molecule has 1 unspecified atom stereocenters. The van der Waals surface area contributed by atoms with Gasteiger partial charge in [-0.25, -0.2) is 5.01 Å². The normalized spacial score (nSPS) is 16.1. The maximum atomic E-state index is 13.1. The summed E-state index contributed by atoms with van der Waals surface area (Å²) in [6.07, 6.45) is 0.700. The van der Waals surface area contributed by atoms with Gasteiger partial charge in [0.05, 0.1) is 16.6 Å².